The van der Waals surface area contributed by atoms with E-state index in [1.54, 1.807) is 7.11 Å². The monoisotopic (exact) mass is 215 g/mol. The highest BCUT2D eigenvalue weighted by atomic mass is 16.5. The fraction of sp³-hybridized carbons (Fsp3) is 0.167. The molecule has 16 heavy (non-hydrogen) atoms. The third kappa shape index (κ3) is 2.01. The van der Waals surface area contributed by atoms with E-state index >= 15 is 0 Å². The van der Waals surface area contributed by atoms with Crippen LogP contribution in [-0.2, 0) is 6.54 Å². The summed E-state index contributed by atoms with van der Waals surface area (Å²) in [6.45, 7) is 0.402. The molecule has 2 rings (SSSR count). The quantitative estimate of drug-likeness (QED) is 0.845. The maximum absolute atomic E-state index is 5.47. The normalized spacial score (nSPS) is 10.1. The molecule has 0 saturated heterocycles. The molecule has 0 spiro atoms. The lowest BCUT2D eigenvalue weighted by molar-refractivity contribution is 0.416. The minimum Gasteiger partial charge on any atom is -0.496 e. The highest BCUT2D eigenvalue weighted by Gasteiger charge is 2.06. The number of rotatable bonds is 3. The summed E-state index contributed by atoms with van der Waals surface area (Å²) >= 11 is 0. The molecule has 0 aliphatic heterocycles. The number of hydrogen-bond donors (Lipinski definition) is 1. The van der Waals surface area contributed by atoms with Gasteiger partial charge in [-0.25, -0.2) is 0 Å². The lowest BCUT2D eigenvalue weighted by Gasteiger charge is -2.06. The molecule has 2 N–H and O–H groups in total. The molecule has 82 valence electrons. The number of hydrogen-bond acceptors (Lipinski definition) is 4. The van der Waals surface area contributed by atoms with Crippen molar-refractivity contribution in [2.75, 3.05) is 7.11 Å². The first-order valence-electron chi connectivity index (χ1n) is 5.01. The van der Waals surface area contributed by atoms with E-state index in [2.05, 4.69) is 10.2 Å². The Labute approximate surface area is 94.1 Å². The van der Waals surface area contributed by atoms with Gasteiger partial charge in [-0.3, -0.25) is 0 Å². The van der Waals surface area contributed by atoms with Crippen molar-refractivity contribution in [3.8, 4) is 17.0 Å². The van der Waals surface area contributed by atoms with E-state index in [0.717, 1.165) is 22.7 Å². The number of methoxy groups -OCH3 is 1. The molecule has 0 fully saturated rings. The Morgan fingerprint density at radius 1 is 1.12 bits per heavy atom. The Morgan fingerprint density at radius 2 is 1.94 bits per heavy atom. The second-order valence-corrected chi connectivity index (χ2v) is 3.31. The van der Waals surface area contributed by atoms with Gasteiger partial charge < -0.3 is 10.5 Å². The zero-order valence-electron chi connectivity index (χ0n) is 9.05. The average molecular weight is 215 g/mol. The summed E-state index contributed by atoms with van der Waals surface area (Å²) in [5, 5.41) is 8.14. The first-order valence-corrected chi connectivity index (χ1v) is 5.01. The molecule has 0 aliphatic rings. The molecule has 0 aliphatic carbocycles. The molecule has 1 heterocycles. The van der Waals surface area contributed by atoms with Crippen molar-refractivity contribution in [3.05, 3.63) is 42.1 Å². The van der Waals surface area contributed by atoms with Crippen LogP contribution in [-0.4, -0.2) is 17.3 Å². The lowest BCUT2D eigenvalue weighted by atomic mass is 10.1. The van der Waals surface area contributed by atoms with Crippen LogP contribution in [0.4, 0.5) is 0 Å². The van der Waals surface area contributed by atoms with Gasteiger partial charge in [0.15, 0.2) is 0 Å². The summed E-state index contributed by atoms with van der Waals surface area (Å²) < 4.78 is 5.26. The number of nitrogens with zero attached hydrogens (tertiary/aromatic N) is 2. The largest absolute Gasteiger partial charge is 0.496 e. The first-order chi connectivity index (χ1) is 7.85. The highest BCUT2D eigenvalue weighted by Crippen LogP contribution is 2.27. The van der Waals surface area contributed by atoms with E-state index in [1.165, 1.54) is 0 Å². The van der Waals surface area contributed by atoms with Crippen molar-refractivity contribution in [1.82, 2.24) is 10.2 Å². The van der Waals surface area contributed by atoms with E-state index in [4.69, 9.17) is 10.5 Å². The summed E-state index contributed by atoms with van der Waals surface area (Å²) in [6.07, 6.45) is 0. The van der Waals surface area contributed by atoms with Gasteiger partial charge in [0.1, 0.15) is 5.75 Å². The molecule has 0 bridgehead atoms. The van der Waals surface area contributed by atoms with Gasteiger partial charge in [-0.2, -0.15) is 10.2 Å². The van der Waals surface area contributed by atoms with Gasteiger partial charge in [-0.1, -0.05) is 12.1 Å². The Kier molecular flexibility index (Phi) is 3.12. The van der Waals surface area contributed by atoms with Crippen molar-refractivity contribution in [1.29, 1.82) is 0 Å². The van der Waals surface area contributed by atoms with Gasteiger partial charge in [0, 0.05) is 12.1 Å². The molecule has 1 aromatic carbocycles. The molecular weight excluding hydrogens is 202 g/mol. The van der Waals surface area contributed by atoms with Crippen molar-refractivity contribution in [2.24, 2.45) is 5.73 Å². The van der Waals surface area contributed by atoms with Crippen molar-refractivity contribution >= 4 is 0 Å². The Balaban J connectivity index is 2.42. The molecule has 0 amide bonds. The summed E-state index contributed by atoms with van der Waals surface area (Å²) in [5.74, 6) is 0.789. The van der Waals surface area contributed by atoms with E-state index in [-0.39, 0.29) is 0 Å². The van der Waals surface area contributed by atoms with Gasteiger partial charge in [-0.05, 0) is 24.3 Å². The van der Waals surface area contributed by atoms with E-state index in [0.29, 0.717) is 6.54 Å². The molecule has 0 radical (unpaired) electrons. The van der Waals surface area contributed by atoms with Crippen molar-refractivity contribution < 1.29 is 4.74 Å². The summed E-state index contributed by atoms with van der Waals surface area (Å²) in [5.41, 5.74) is 7.96. The number of nitrogens with two attached hydrogens (primary N) is 1. The van der Waals surface area contributed by atoms with Crippen LogP contribution in [0.2, 0.25) is 0 Å². The molecule has 0 unspecified atom stereocenters. The van der Waals surface area contributed by atoms with Gasteiger partial charge in [-0.15, -0.1) is 0 Å². The third-order valence-electron chi connectivity index (χ3n) is 2.31. The van der Waals surface area contributed by atoms with Crippen molar-refractivity contribution in [2.45, 2.75) is 6.54 Å². The van der Waals surface area contributed by atoms with Gasteiger partial charge >= 0.3 is 0 Å². The Morgan fingerprint density at radius 3 is 2.56 bits per heavy atom. The van der Waals surface area contributed by atoms with Crippen LogP contribution in [0.3, 0.4) is 0 Å². The van der Waals surface area contributed by atoms with Crippen LogP contribution in [0.5, 0.6) is 5.75 Å². The molecule has 2 aromatic rings. The minimum atomic E-state index is 0.402. The lowest BCUT2D eigenvalue weighted by Crippen LogP contribution is -2.01. The molecular formula is C12H13N3O. The second kappa shape index (κ2) is 4.72. The smallest absolute Gasteiger partial charge is 0.128 e. The Bertz CT molecular complexity index is 468. The van der Waals surface area contributed by atoms with Crippen LogP contribution in [0.1, 0.15) is 5.69 Å². The van der Waals surface area contributed by atoms with Crippen LogP contribution >= 0.6 is 0 Å². The standard InChI is InChI=1S/C12H13N3O/c1-16-12-5-3-2-4-10(12)11-7-6-9(8-13)14-15-11/h2-7H,8,13H2,1H3. The third-order valence-corrected chi connectivity index (χ3v) is 2.31. The first kappa shape index (κ1) is 10.6. The SMILES string of the molecule is COc1ccccc1-c1ccc(CN)nn1. The fourth-order valence-electron chi connectivity index (χ4n) is 1.47. The summed E-state index contributed by atoms with van der Waals surface area (Å²) in [6, 6.07) is 11.5. The number of para-hydroxylation sites is 1. The van der Waals surface area contributed by atoms with Gasteiger partial charge in [0.05, 0.1) is 18.5 Å². The van der Waals surface area contributed by atoms with Crippen molar-refractivity contribution in [3.63, 3.8) is 0 Å². The van der Waals surface area contributed by atoms with E-state index in [9.17, 15) is 0 Å². The highest BCUT2D eigenvalue weighted by molar-refractivity contribution is 5.66. The topological polar surface area (TPSA) is 61.0 Å². The fourth-order valence-corrected chi connectivity index (χ4v) is 1.47. The zero-order chi connectivity index (χ0) is 11.4. The van der Waals surface area contributed by atoms with Crippen LogP contribution < -0.4 is 10.5 Å². The summed E-state index contributed by atoms with van der Waals surface area (Å²) in [4.78, 5) is 0. The van der Waals surface area contributed by atoms with E-state index in [1.807, 2.05) is 36.4 Å². The van der Waals surface area contributed by atoms with Crippen LogP contribution in [0, 0.1) is 0 Å². The van der Waals surface area contributed by atoms with Gasteiger partial charge in [0.25, 0.3) is 0 Å². The predicted octanol–water partition coefficient (Wildman–Crippen LogP) is 1.61. The number of ether oxygens (including phenoxy) is 1. The Hall–Kier alpha value is -1.94. The maximum atomic E-state index is 5.47. The number of aromatic nitrogens is 2. The molecule has 0 saturated carbocycles. The molecule has 1 aromatic heterocycles. The molecule has 4 heteroatoms. The zero-order valence-corrected chi connectivity index (χ0v) is 9.05. The van der Waals surface area contributed by atoms with Crippen LogP contribution in [0.25, 0.3) is 11.3 Å². The average Bonchev–Trinajstić information content (AvgIpc) is 2.39. The predicted molar refractivity (Wildman–Crippen MR) is 61.9 cm³/mol. The second-order valence-electron chi connectivity index (χ2n) is 3.31. The molecule has 0 atom stereocenters. The summed E-state index contributed by atoms with van der Waals surface area (Å²) in [7, 11) is 1.64. The molecule has 4 nitrogen and oxygen atoms in total. The van der Waals surface area contributed by atoms with E-state index < -0.39 is 0 Å². The maximum Gasteiger partial charge on any atom is 0.128 e. The number of benzene rings is 1. The minimum absolute atomic E-state index is 0.402. The van der Waals surface area contributed by atoms with Crippen LogP contribution in [0.15, 0.2) is 36.4 Å². The van der Waals surface area contributed by atoms with Gasteiger partial charge in [0.2, 0.25) is 0 Å².